The van der Waals surface area contributed by atoms with E-state index >= 15 is 0 Å². The third-order valence-corrected chi connectivity index (χ3v) is 4.35. The van der Waals surface area contributed by atoms with Crippen molar-refractivity contribution in [2.45, 2.75) is 25.6 Å². The normalized spacial score (nSPS) is 14.9. The van der Waals surface area contributed by atoms with E-state index in [4.69, 9.17) is 9.47 Å². The molecule has 0 saturated carbocycles. The predicted octanol–water partition coefficient (Wildman–Crippen LogP) is 2.17. The molecule has 2 amide bonds. The molecule has 1 N–H and O–H groups in total. The lowest BCUT2D eigenvalue weighted by atomic mass is 10.1. The largest absolute Gasteiger partial charge is 0.461 e. The maximum absolute atomic E-state index is 13.6. The van der Waals surface area contributed by atoms with Crippen LogP contribution in [-0.4, -0.2) is 57.9 Å². The lowest BCUT2D eigenvalue weighted by Crippen LogP contribution is -2.40. The number of carbonyl (C=O) groups excluding carboxylic acids is 3. The maximum Gasteiger partial charge on any atom is 0.418 e. The van der Waals surface area contributed by atoms with Crippen LogP contribution in [0.4, 0.5) is 29.3 Å². The van der Waals surface area contributed by atoms with Crippen molar-refractivity contribution in [3.8, 4) is 0 Å². The molecular weight excluding hydrogens is 395 g/mol. The molecular formula is C18H22F3N3O5. The lowest BCUT2D eigenvalue weighted by molar-refractivity contribution is -0.137. The number of ether oxygens (including phenoxy) is 2. The first-order chi connectivity index (χ1) is 13.7. The first kappa shape index (κ1) is 22.3. The summed E-state index contributed by atoms with van der Waals surface area (Å²) in [5, 5.41) is 2.57. The van der Waals surface area contributed by atoms with E-state index in [9.17, 15) is 27.6 Å². The van der Waals surface area contributed by atoms with Crippen molar-refractivity contribution >= 4 is 29.8 Å². The van der Waals surface area contributed by atoms with Gasteiger partial charge in [0.15, 0.2) is 0 Å². The van der Waals surface area contributed by atoms with Crippen LogP contribution in [0.1, 0.15) is 18.9 Å². The van der Waals surface area contributed by atoms with Crippen LogP contribution in [0.2, 0.25) is 0 Å². The molecule has 0 bridgehead atoms. The zero-order valence-electron chi connectivity index (χ0n) is 16.0. The van der Waals surface area contributed by atoms with Crippen molar-refractivity contribution in [1.82, 2.24) is 5.32 Å². The molecule has 1 fully saturated rings. The Bertz CT molecular complexity index is 757. The van der Waals surface area contributed by atoms with Crippen LogP contribution in [0.3, 0.4) is 0 Å². The molecule has 1 unspecified atom stereocenters. The summed E-state index contributed by atoms with van der Waals surface area (Å²) in [4.78, 5) is 36.2. The number of nitrogens with one attached hydrogen (secondary N) is 1. The highest BCUT2D eigenvalue weighted by molar-refractivity contribution is 5.90. The van der Waals surface area contributed by atoms with E-state index in [0.717, 1.165) is 11.0 Å². The Hall–Kier alpha value is -2.98. The number of anilines is 2. The first-order valence-corrected chi connectivity index (χ1v) is 8.89. The van der Waals surface area contributed by atoms with Crippen LogP contribution in [0.5, 0.6) is 0 Å². The third kappa shape index (κ3) is 5.75. The molecule has 0 aliphatic carbocycles. The van der Waals surface area contributed by atoms with Crippen LogP contribution in [0.15, 0.2) is 18.2 Å². The van der Waals surface area contributed by atoms with Crippen molar-refractivity contribution in [3.05, 3.63) is 23.8 Å². The lowest BCUT2D eigenvalue weighted by Gasteiger charge is -2.27. The summed E-state index contributed by atoms with van der Waals surface area (Å²) in [6.07, 6.45) is -6.03. The number of halogens is 3. The van der Waals surface area contributed by atoms with Gasteiger partial charge in [0.25, 0.3) is 6.47 Å². The Morgan fingerprint density at radius 2 is 2.17 bits per heavy atom. The molecule has 1 aromatic carbocycles. The summed E-state index contributed by atoms with van der Waals surface area (Å²) in [5.74, 6) is -0.242. The molecule has 1 aliphatic rings. The molecule has 160 valence electrons. The maximum atomic E-state index is 13.6. The molecule has 0 spiro atoms. The number of benzene rings is 1. The summed E-state index contributed by atoms with van der Waals surface area (Å²) in [5.41, 5.74) is -1.06. The van der Waals surface area contributed by atoms with Gasteiger partial charge < -0.3 is 19.7 Å². The number of cyclic esters (lactones) is 1. The number of hydrogen-bond acceptors (Lipinski definition) is 6. The highest BCUT2D eigenvalue weighted by atomic mass is 19.4. The summed E-state index contributed by atoms with van der Waals surface area (Å²) in [6, 6.07) is 3.55. The molecule has 1 aliphatic heterocycles. The predicted molar refractivity (Wildman–Crippen MR) is 97.6 cm³/mol. The van der Waals surface area contributed by atoms with E-state index < -0.39 is 23.9 Å². The second kappa shape index (κ2) is 9.48. The second-order valence-electron chi connectivity index (χ2n) is 6.36. The molecule has 1 aromatic rings. The van der Waals surface area contributed by atoms with E-state index in [1.165, 1.54) is 24.1 Å². The minimum Gasteiger partial charge on any atom is -0.461 e. The number of nitrogens with zero attached hydrogens (tertiary/aromatic N) is 2. The van der Waals surface area contributed by atoms with Crippen molar-refractivity contribution in [2.75, 3.05) is 43.1 Å². The molecule has 1 atom stereocenters. The Labute approximate surface area is 165 Å². The summed E-state index contributed by atoms with van der Waals surface area (Å²) >= 11 is 0. The van der Waals surface area contributed by atoms with Gasteiger partial charge in [-0.15, -0.1) is 0 Å². The first-order valence-electron chi connectivity index (χ1n) is 8.89. The van der Waals surface area contributed by atoms with Gasteiger partial charge in [-0.05, 0) is 18.2 Å². The fraction of sp³-hybridized carbons (Fsp3) is 0.500. The average molecular weight is 417 g/mol. The van der Waals surface area contributed by atoms with Crippen LogP contribution >= 0.6 is 0 Å². The summed E-state index contributed by atoms with van der Waals surface area (Å²) in [6.45, 7) is 2.01. The minimum atomic E-state index is -4.69. The number of hydrogen-bond donors (Lipinski definition) is 1. The standard InChI is InChI=1S/C18H22F3N3O5/c1-3-16(26)22-9-13(29-11-25)10-23(2)12-4-5-15(14(8-12)18(19,20)21)24-6-7-28-17(24)27/h4-5,8,11,13H,3,6-7,9-10H2,1-2H3,(H,22,26). The molecule has 0 radical (unpaired) electrons. The molecule has 29 heavy (non-hydrogen) atoms. The number of carbonyl (C=O) groups is 3. The Balaban J connectivity index is 2.22. The highest BCUT2D eigenvalue weighted by Crippen LogP contribution is 2.39. The third-order valence-electron chi connectivity index (χ3n) is 4.35. The van der Waals surface area contributed by atoms with Crippen LogP contribution < -0.4 is 15.1 Å². The van der Waals surface area contributed by atoms with E-state index in [0.29, 0.717) is 0 Å². The Morgan fingerprint density at radius 3 is 2.72 bits per heavy atom. The van der Waals surface area contributed by atoms with E-state index in [2.05, 4.69) is 5.32 Å². The molecule has 1 saturated heterocycles. The number of amides is 2. The minimum absolute atomic E-state index is 0.0198. The molecule has 0 aromatic heterocycles. The Kier molecular flexibility index (Phi) is 7.29. The fourth-order valence-corrected chi connectivity index (χ4v) is 2.83. The van der Waals surface area contributed by atoms with Gasteiger partial charge in [-0.3, -0.25) is 14.5 Å². The monoisotopic (exact) mass is 417 g/mol. The van der Waals surface area contributed by atoms with Crippen molar-refractivity contribution in [3.63, 3.8) is 0 Å². The summed E-state index contributed by atoms with van der Waals surface area (Å²) < 4.78 is 50.4. The molecule has 11 heteroatoms. The van der Waals surface area contributed by atoms with Crippen molar-refractivity contribution < 1.29 is 37.0 Å². The fourth-order valence-electron chi connectivity index (χ4n) is 2.83. The van der Waals surface area contributed by atoms with Gasteiger partial charge in [0.1, 0.15) is 12.7 Å². The van der Waals surface area contributed by atoms with Crippen molar-refractivity contribution in [1.29, 1.82) is 0 Å². The van der Waals surface area contributed by atoms with E-state index in [1.807, 2.05) is 0 Å². The van der Waals surface area contributed by atoms with Gasteiger partial charge in [-0.2, -0.15) is 13.2 Å². The highest BCUT2D eigenvalue weighted by Gasteiger charge is 2.38. The van der Waals surface area contributed by atoms with Crippen molar-refractivity contribution in [2.24, 2.45) is 0 Å². The van der Waals surface area contributed by atoms with Crippen LogP contribution in [-0.2, 0) is 25.2 Å². The number of likely N-dealkylation sites (N-methyl/N-ethyl adjacent to an activating group) is 1. The zero-order chi connectivity index (χ0) is 21.6. The Morgan fingerprint density at radius 1 is 1.45 bits per heavy atom. The van der Waals surface area contributed by atoms with Gasteiger partial charge in [0.05, 0.1) is 30.9 Å². The molecule has 2 rings (SSSR count). The smallest absolute Gasteiger partial charge is 0.418 e. The average Bonchev–Trinajstić information content (AvgIpc) is 3.10. The zero-order valence-corrected chi connectivity index (χ0v) is 16.0. The van der Waals surface area contributed by atoms with E-state index in [-0.39, 0.29) is 56.4 Å². The SMILES string of the molecule is CCC(=O)NCC(CN(C)c1ccc(N2CCOC2=O)c(C(F)(F)F)c1)OC=O. The van der Waals surface area contributed by atoms with Gasteiger partial charge in [-0.1, -0.05) is 6.92 Å². The molecule has 1 heterocycles. The second-order valence-corrected chi connectivity index (χ2v) is 6.36. The summed E-state index contributed by atoms with van der Waals surface area (Å²) in [7, 11) is 1.53. The molecule has 8 nitrogen and oxygen atoms in total. The van der Waals surface area contributed by atoms with Gasteiger partial charge >= 0.3 is 12.3 Å². The van der Waals surface area contributed by atoms with Crippen LogP contribution in [0.25, 0.3) is 0 Å². The number of rotatable bonds is 9. The van der Waals surface area contributed by atoms with Gasteiger partial charge in [0, 0.05) is 19.2 Å². The van der Waals surface area contributed by atoms with Gasteiger partial charge in [0.2, 0.25) is 5.91 Å². The topological polar surface area (TPSA) is 88.2 Å². The quantitative estimate of drug-likeness (QED) is 0.620. The van der Waals surface area contributed by atoms with Gasteiger partial charge in [-0.25, -0.2) is 4.79 Å². The van der Waals surface area contributed by atoms with Crippen LogP contribution in [0, 0.1) is 0 Å². The number of alkyl halides is 3. The van der Waals surface area contributed by atoms with E-state index in [1.54, 1.807) is 6.92 Å².